The molecule has 0 aromatic heterocycles. The van der Waals surface area contributed by atoms with Crippen molar-refractivity contribution in [2.24, 2.45) is 10.8 Å². The molecule has 1 aromatic carbocycles. The number of ether oxygens (including phenoxy) is 1. The number of allylic oxidation sites excluding steroid dienone is 1. The van der Waals surface area contributed by atoms with Gasteiger partial charge in [-0.2, -0.15) is 10.5 Å². The molecule has 0 radical (unpaired) electrons. The summed E-state index contributed by atoms with van der Waals surface area (Å²) in [5.41, 5.74) is -0.541. The highest BCUT2D eigenvalue weighted by Gasteiger charge is 2.54. The van der Waals surface area contributed by atoms with Crippen LogP contribution in [0.2, 0.25) is 0 Å². The second-order valence-electron chi connectivity index (χ2n) is 7.11. The highest BCUT2D eigenvalue weighted by molar-refractivity contribution is 5.57. The number of hydrogen-bond donors (Lipinski definition) is 0. The molecule has 0 unspecified atom stereocenters. The Hall–Kier alpha value is -2.40. The lowest BCUT2D eigenvalue weighted by Gasteiger charge is -2.48. The average molecular weight is 328 g/mol. The molecule has 0 spiro atoms. The van der Waals surface area contributed by atoms with Crippen LogP contribution >= 0.6 is 0 Å². The molecule has 3 nitrogen and oxygen atoms in total. The largest absolute Gasteiger partial charge is 0.491 e. The van der Waals surface area contributed by atoms with Crippen molar-refractivity contribution in [3.63, 3.8) is 0 Å². The summed E-state index contributed by atoms with van der Waals surface area (Å²) in [7, 11) is 0. The summed E-state index contributed by atoms with van der Waals surface area (Å²) in [4.78, 5) is 0. The standard InChI is InChI=1S/C19H18F2N2O/c1-12-3-4-15(14(10-23)13(12)9-22)24-11-19-7-5-18(2,6-8-19)16(20)17(19)21/h3-4H,5-8,11H2,1-2H3. The van der Waals surface area contributed by atoms with Crippen LogP contribution in [0.4, 0.5) is 8.78 Å². The summed E-state index contributed by atoms with van der Waals surface area (Å²) >= 11 is 0. The van der Waals surface area contributed by atoms with Gasteiger partial charge in [0.1, 0.15) is 41.7 Å². The molecule has 124 valence electrons. The van der Waals surface area contributed by atoms with E-state index in [2.05, 4.69) is 0 Å². The van der Waals surface area contributed by atoms with Crippen LogP contribution in [0.5, 0.6) is 5.75 Å². The Morgan fingerprint density at radius 1 is 1.04 bits per heavy atom. The first kappa shape index (κ1) is 16.5. The Morgan fingerprint density at radius 2 is 1.67 bits per heavy atom. The molecule has 0 amide bonds. The van der Waals surface area contributed by atoms with Gasteiger partial charge in [-0.25, -0.2) is 8.78 Å². The molecule has 0 atom stereocenters. The maximum Gasteiger partial charge on any atom is 0.141 e. The lowest BCUT2D eigenvalue weighted by atomic mass is 9.58. The van der Waals surface area contributed by atoms with E-state index in [0.717, 1.165) is 0 Å². The normalized spacial score (nSPS) is 28.4. The minimum atomic E-state index is -0.952. The Labute approximate surface area is 140 Å². The van der Waals surface area contributed by atoms with Gasteiger partial charge in [0.05, 0.1) is 11.0 Å². The Bertz CT molecular complexity index is 806. The van der Waals surface area contributed by atoms with Crippen molar-refractivity contribution in [2.45, 2.75) is 39.5 Å². The fourth-order valence-electron chi connectivity index (χ4n) is 3.70. The summed E-state index contributed by atoms with van der Waals surface area (Å²) in [5.74, 6) is -1.10. The average Bonchev–Trinajstić information content (AvgIpc) is 2.59. The molecular weight excluding hydrogens is 310 g/mol. The first-order valence-corrected chi connectivity index (χ1v) is 8.00. The summed E-state index contributed by atoms with van der Waals surface area (Å²) in [5, 5.41) is 18.5. The van der Waals surface area contributed by atoms with Crippen molar-refractivity contribution in [1.29, 1.82) is 10.5 Å². The van der Waals surface area contributed by atoms with Crippen molar-refractivity contribution >= 4 is 0 Å². The van der Waals surface area contributed by atoms with Gasteiger partial charge >= 0.3 is 0 Å². The van der Waals surface area contributed by atoms with Crippen LogP contribution in [0.15, 0.2) is 23.8 Å². The fourth-order valence-corrected chi connectivity index (χ4v) is 3.70. The summed E-state index contributed by atoms with van der Waals surface area (Å²) in [6, 6.07) is 7.28. The zero-order valence-electron chi connectivity index (χ0n) is 13.7. The van der Waals surface area contributed by atoms with E-state index in [1.807, 2.05) is 12.1 Å². The van der Waals surface area contributed by atoms with Crippen molar-refractivity contribution in [3.8, 4) is 17.9 Å². The van der Waals surface area contributed by atoms with Crippen LogP contribution in [0, 0.1) is 40.4 Å². The van der Waals surface area contributed by atoms with Crippen molar-refractivity contribution in [3.05, 3.63) is 40.5 Å². The number of aryl methyl sites for hydroxylation is 1. The Kier molecular flexibility index (Phi) is 3.84. The maximum atomic E-state index is 14.6. The minimum Gasteiger partial charge on any atom is -0.491 e. The van der Waals surface area contributed by atoms with Crippen molar-refractivity contribution in [2.75, 3.05) is 6.61 Å². The molecule has 5 heteroatoms. The van der Waals surface area contributed by atoms with Gasteiger partial charge in [-0.05, 0) is 44.2 Å². The molecule has 3 aliphatic carbocycles. The number of nitrogens with zero attached hydrogens (tertiary/aromatic N) is 2. The molecule has 24 heavy (non-hydrogen) atoms. The van der Waals surface area contributed by atoms with E-state index in [9.17, 15) is 19.3 Å². The molecule has 1 aromatic rings. The van der Waals surface area contributed by atoms with Gasteiger partial charge in [-0.3, -0.25) is 0 Å². The van der Waals surface area contributed by atoms with Gasteiger partial charge in [0, 0.05) is 5.41 Å². The second-order valence-corrected chi connectivity index (χ2v) is 7.11. The molecule has 1 saturated carbocycles. The molecule has 2 bridgehead atoms. The lowest BCUT2D eigenvalue weighted by Crippen LogP contribution is -2.44. The quantitative estimate of drug-likeness (QED) is 0.797. The third-order valence-corrected chi connectivity index (χ3v) is 5.60. The van der Waals surface area contributed by atoms with E-state index in [-0.39, 0.29) is 23.5 Å². The zero-order chi connectivity index (χ0) is 17.5. The maximum absolute atomic E-state index is 14.6. The second kappa shape index (κ2) is 5.60. The van der Waals surface area contributed by atoms with E-state index in [1.54, 1.807) is 26.0 Å². The number of halogens is 2. The highest BCUT2D eigenvalue weighted by Crippen LogP contribution is 2.60. The molecule has 4 rings (SSSR count). The van der Waals surface area contributed by atoms with Crippen LogP contribution in [0.3, 0.4) is 0 Å². The third-order valence-electron chi connectivity index (χ3n) is 5.60. The molecule has 3 aliphatic rings. The summed E-state index contributed by atoms with van der Waals surface area (Å²) < 4.78 is 34.6. The number of fused-ring (bicyclic) bond motifs is 2. The van der Waals surface area contributed by atoms with Gasteiger partial charge in [0.2, 0.25) is 0 Å². The number of nitriles is 2. The van der Waals surface area contributed by atoms with E-state index < -0.39 is 22.5 Å². The van der Waals surface area contributed by atoms with Crippen molar-refractivity contribution in [1.82, 2.24) is 0 Å². The summed E-state index contributed by atoms with van der Waals surface area (Å²) in [6.45, 7) is 3.48. The first-order valence-electron chi connectivity index (χ1n) is 8.00. The van der Waals surface area contributed by atoms with Crippen LogP contribution in [-0.2, 0) is 0 Å². The zero-order valence-corrected chi connectivity index (χ0v) is 13.7. The van der Waals surface area contributed by atoms with E-state index in [4.69, 9.17) is 4.74 Å². The van der Waals surface area contributed by atoms with Crippen LogP contribution in [-0.4, -0.2) is 6.61 Å². The van der Waals surface area contributed by atoms with Crippen LogP contribution in [0.1, 0.15) is 49.3 Å². The fraction of sp³-hybridized carbons (Fsp3) is 0.474. The number of benzene rings is 1. The number of hydrogen-bond acceptors (Lipinski definition) is 3. The predicted octanol–water partition coefficient (Wildman–Crippen LogP) is 4.85. The van der Waals surface area contributed by atoms with Crippen LogP contribution in [0.25, 0.3) is 0 Å². The van der Waals surface area contributed by atoms with Gasteiger partial charge < -0.3 is 4.74 Å². The summed E-state index contributed by atoms with van der Waals surface area (Å²) in [6.07, 6.45) is 2.25. The SMILES string of the molecule is Cc1ccc(OCC23CCC(C)(CC2)C(F)=C3F)c(C#N)c1C#N. The van der Waals surface area contributed by atoms with E-state index in [0.29, 0.717) is 31.2 Å². The molecule has 0 aliphatic heterocycles. The molecule has 1 fully saturated rings. The molecule has 0 N–H and O–H groups in total. The smallest absolute Gasteiger partial charge is 0.141 e. The molecule has 0 heterocycles. The van der Waals surface area contributed by atoms with Crippen molar-refractivity contribution < 1.29 is 13.5 Å². The van der Waals surface area contributed by atoms with Gasteiger partial charge in [0.25, 0.3) is 0 Å². The van der Waals surface area contributed by atoms with Gasteiger partial charge in [0.15, 0.2) is 0 Å². The Balaban J connectivity index is 1.91. The predicted molar refractivity (Wildman–Crippen MR) is 84.4 cm³/mol. The lowest BCUT2D eigenvalue weighted by molar-refractivity contribution is 0.0207. The minimum absolute atomic E-state index is 0.0229. The molecular formula is C19H18F2N2O. The van der Waals surface area contributed by atoms with E-state index in [1.165, 1.54) is 0 Å². The monoisotopic (exact) mass is 328 g/mol. The highest BCUT2D eigenvalue weighted by atomic mass is 19.2. The van der Waals surface area contributed by atoms with Gasteiger partial charge in [-0.1, -0.05) is 13.0 Å². The van der Waals surface area contributed by atoms with Crippen LogP contribution < -0.4 is 4.74 Å². The Morgan fingerprint density at radius 3 is 2.25 bits per heavy atom. The first-order chi connectivity index (χ1) is 11.4. The third kappa shape index (κ3) is 2.27. The number of rotatable bonds is 3. The molecule has 0 saturated heterocycles. The van der Waals surface area contributed by atoms with E-state index >= 15 is 0 Å². The van der Waals surface area contributed by atoms with Gasteiger partial charge in [-0.15, -0.1) is 0 Å². The topological polar surface area (TPSA) is 56.8 Å².